The molecule has 1 aromatic rings. The lowest BCUT2D eigenvalue weighted by Gasteiger charge is -2.09. The largest absolute Gasteiger partial charge is 0.375 e. The molecule has 3 nitrogen and oxygen atoms in total. The molecule has 0 spiro atoms. The van der Waals surface area contributed by atoms with Gasteiger partial charge in [-0.05, 0) is 13.5 Å². The highest BCUT2D eigenvalue weighted by atomic mass is 32.1. The van der Waals surface area contributed by atoms with E-state index in [1.165, 1.54) is 5.69 Å². The molecule has 1 N–H and O–H groups in total. The Balaban J connectivity index is 2.58. The smallest absolute Gasteiger partial charge is 0.121 e. The molecule has 0 saturated carbocycles. The van der Waals surface area contributed by atoms with E-state index < -0.39 is 0 Å². The van der Waals surface area contributed by atoms with E-state index in [0.717, 1.165) is 18.1 Å². The minimum Gasteiger partial charge on any atom is -0.375 e. The van der Waals surface area contributed by atoms with Gasteiger partial charge in [-0.3, -0.25) is 0 Å². The number of hydrogen-bond donors (Lipinski definition) is 1. The van der Waals surface area contributed by atoms with Crippen molar-refractivity contribution in [2.24, 2.45) is 0 Å². The Morgan fingerprint density at radius 3 is 2.87 bits per heavy atom. The quantitative estimate of drug-likeness (QED) is 0.812. The number of hydrogen-bond acceptors (Lipinski definition) is 4. The molecule has 0 fully saturated rings. The maximum absolute atomic E-state index is 5.24. The van der Waals surface area contributed by atoms with E-state index in [-0.39, 0.29) is 6.10 Å². The molecular formula is C11H20N2OS. The zero-order chi connectivity index (χ0) is 11.3. The predicted octanol–water partition coefficient (Wildman–Crippen LogP) is 2.56. The highest BCUT2D eigenvalue weighted by molar-refractivity contribution is 7.09. The van der Waals surface area contributed by atoms with Crippen LogP contribution in [0.4, 0.5) is 0 Å². The average molecular weight is 228 g/mol. The van der Waals surface area contributed by atoms with Gasteiger partial charge in [-0.15, -0.1) is 11.3 Å². The minimum atomic E-state index is 0.107. The Morgan fingerprint density at radius 1 is 1.53 bits per heavy atom. The van der Waals surface area contributed by atoms with Crippen molar-refractivity contribution in [2.45, 2.75) is 32.8 Å². The van der Waals surface area contributed by atoms with Gasteiger partial charge in [0.05, 0.1) is 5.69 Å². The first-order valence-electron chi connectivity index (χ1n) is 5.37. The Morgan fingerprint density at radius 2 is 2.27 bits per heavy atom. The number of nitrogens with one attached hydrogen (secondary N) is 1. The van der Waals surface area contributed by atoms with Crippen LogP contribution in [-0.4, -0.2) is 25.2 Å². The van der Waals surface area contributed by atoms with Crippen LogP contribution in [0.2, 0.25) is 0 Å². The van der Waals surface area contributed by atoms with E-state index in [1.807, 2.05) is 6.92 Å². The third-order valence-corrected chi connectivity index (χ3v) is 3.47. The third kappa shape index (κ3) is 3.55. The Hall–Kier alpha value is -0.450. The second-order valence-electron chi connectivity index (χ2n) is 3.70. The third-order valence-electron chi connectivity index (χ3n) is 2.45. The van der Waals surface area contributed by atoms with Crippen LogP contribution in [0, 0.1) is 0 Å². The van der Waals surface area contributed by atoms with E-state index >= 15 is 0 Å². The maximum atomic E-state index is 5.24. The fourth-order valence-electron chi connectivity index (χ4n) is 1.28. The minimum absolute atomic E-state index is 0.107. The molecule has 0 aromatic carbocycles. The van der Waals surface area contributed by atoms with E-state index in [9.17, 15) is 0 Å². The van der Waals surface area contributed by atoms with Crippen molar-refractivity contribution in [3.8, 4) is 0 Å². The molecule has 0 aliphatic heterocycles. The first kappa shape index (κ1) is 12.6. The predicted molar refractivity (Wildman–Crippen MR) is 64.5 cm³/mol. The zero-order valence-electron chi connectivity index (χ0n) is 9.91. The van der Waals surface area contributed by atoms with Crippen LogP contribution in [0.5, 0.6) is 0 Å². The second-order valence-corrected chi connectivity index (χ2v) is 4.59. The number of aromatic nitrogens is 1. The molecule has 1 rings (SSSR count). The molecule has 1 heterocycles. The molecular weight excluding hydrogens is 208 g/mol. The van der Waals surface area contributed by atoms with Crippen LogP contribution in [-0.2, 0) is 4.74 Å². The first-order chi connectivity index (χ1) is 7.19. The number of rotatable bonds is 6. The molecule has 15 heavy (non-hydrogen) atoms. The monoisotopic (exact) mass is 228 g/mol. The first-order valence-corrected chi connectivity index (χ1v) is 6.25. The van der Waals surface area contributed by atoms with Crippen molar-refractivity contribution in [2.75, 3.05) is 20.2 Å². The summed E-state index contributed by atoms with van der Waals surface area (Å²) in [6.07, 6.45) is 0.107. The number of ether oxygens (including phenoxy) is 1. The normalized spacial score (nSPS) is 15.2. The number of nitrogens with zero attached hydrogens (tertiary/aromatic N) is 1. The summed E-state index contributed by atoms with van der Waals surface area (Å²) in [4.78, 5) is 4.59. The van der Waals surface area contributed by atoms with Crippen molar-refractivity contribution in [1.29, 1.82) is 0 Å². The molecule has 0 radical (unpaired) electrons. The van der Waals surface area contributed by atoms with Crippen molar-refractivity contribution >= 4 is 11.3 Å². The number of thiazole rings is 1. The maximum Gasteiger partial charge on any atom is 0.121 e. The Kier molecular flexibility index (Phi) is 5.22. The van der Waals surface area contributed by atoms with Gasteiger partial charge in [0.1, 0.15) is 11.1 Å². The lowest BCUT2D eigenvalue weighted by atomic mass is 10.1. The van der Waals surface area contributed by atoms with Crippen molar-refractivity contribution in [1.82, 2.24) is 10.3 Å². The molecule has 0 bridgehead atoms. The van der Waals surface area contributed by atoms with Gasteiger partial charge in [0.2, 0.25) is 0 Å². The van der Waals surface area contributed by atoms with Gasteiger partial charge >= 0.3 is 0 Å². The van der Waals surface area contributed by atoms with E-state index in [2.05, 4.69) is 29.5 Å². The Labute approximate surface area is 95.9 Å². The molecule has 0 aliphatic carbocycles. The lowest BCUT2D eigenvalue weighted by Crippen LogP contribution is -2.19. The molecule has 0 saturated heterocycles. The molecule has 86 valence electrons. The van der Waals surface area contributed by atoms with Crippen molar-refractivity contribution in [3.63, 3.8) is 0 Å². The standard InChI is InChI=1S/C11H20N2OS/c1-5-12-6-8(2)10-7-15-11(13-10)9(3)14-4/h7-9,12H,5-6H2,1-4H3. The van der Waals surface area contributed by atoms with Gasteiger partial charge in [0.15, 0.2) is 0 Å². The van der Waals surface area contributed by atoms with E-state index in [0.29, 0.717) is 5.92 Å². The summed E-state index contributed by atoms with van der Waals surface area (Å²) in [6.45, 7) is 8.33. The van der Waals surface area contributed by atoms with Crippen LogP contribution < -0.4 is 5.32 Å². The van der Waals surface area contributed by atoms with Crippen LogP contribution in [0.3, 0.4) is 0 Å². The Bertz CT molecular complexity index is 288. The van der Waals surface area contributed by atoms with Gasteiger partial charge in [-0.2, -0.15) is 0 Å². The molecule has 0 aliphatic rings. The summed E-state index contributed by atoms with van der Waals surface area (Å²) >= 11 is 1.68. The van der Waals surface area contributed by atoms with E-state index in [1.54, 1.807) is 18.4 Å². The number of methoxy groups -OCH3 is 1. The zero-order valence-corrected chi connectivity index (χ0v) is 10.7. The molecule has 4 heteroatoms. The van der Waals surface area contributed by atoms with Crippen molar-refractivity contribution < 1.29 is 4.74 Å². The van der Waals surface area contributed by atoms with Crippen LogP contribution >= 0.6 is 11.3 Å². The van der Waals surface area contributed by atoms with Gasteiger partial charge in [-0.1, -0.05) is 13.8 Å². The summed E-state index contributed by atoms with van der Waals surface area (Å²) in [5.74, 6) is 0.471. The second kappa shape index (κ2) is 6.20. The SMILES string of the molecule is CCNCC(C)c1csc(C(C)OC)n1. The highest BCUT2D eigenvalue weighted by Gasteiger charge is 2.13. The molecule has 1 aromatic heterocycles. The highest BCUT2D eigenvalue weighted by Crippen LogP contribution is 2.24. The van der Waals surface area contributed by atoms with E-state index in [4.69, 9.17) is 4.74 Å². The summed E-state index contributed by atoms with van der Waals surface area (Å²) < 4.78 is 5.24. The summed E-state index contributed by atoms with van der Waals surface area (Å²) in [7, 11) is 1.72. The molecule has 0 amide bonds. The number of likely N-dealkylation sites (N-methyl/N-ethyl adjacent to an activating group) is 1. The van der Waals surface area contributed by atoms with Crippen LogP contribution in [0.25, 0.3) is 0 Å². The fourth-order valence-corrected chi connectivity index (χ4v) is 2.25. The summed E-state index contributed by atoms with van der Waals surface area (Å²) in [6, 6.07) is 0. The topological polar surface area (TPSA) is 34.1 Å². The summed E-state index contributed by atoms with van der Waals surface area (Å²) in [5.41, 5.74) is 1.17. The molecule has 2 atom stereocenters. The fraction of sp³-hybridized carbons (Fsp3) is 0.727. The van der Waals surface area contributed by atoms with Gasteiger partial charge in [0, 0.05) is 25.0 Å². The van der Waals surface area contributed by atoms with Crippen molar-refractivity contribution in [3.05, 3.63) is 16.1 Å². The average Bonchev–Trinajstić information content (AvgIpc) is 2.74. The lowest BCUT2D eigenvalue weighted by molar-refractivity contribution is 0.119. The van der Waals surface area contributed by atoms with Crippen LogP contribution in [0.15, 0.2) is 5.38 Å². The molecule has 2 unspecified atom stereocenters. The van der Waals surface area contributed by atoms with Gasteiger partial charge in [-0.25, -0.2) is 4.98 Å². The summed E-state index contributed by atoms with van der Waals surface area (Å²) in [5, 5.41) is 6.53. The van der Waals surface area contributed by atoms with Gasteiger partial charge in [0.25, 0.3) is 0 Å². The van der Waals surface area contributed by atoms with Crippen LogP contribution in [0.1, 0.15) is 43.5 Å². The van der Waals surface area contributed by atoms with Gasteiger partial charge < -0.3 is 10.1 Å².